The summed E-state index contributed by atoms with van der Waals surface area (Å²) in [4.78, 5) is 10.7. The number of carbonyl (C=O) groups is 1. The zero-order valence-electron chi connectivity index (χ0n) is 8.13. The van der Waals surface area contributed by atoms with Crippen LogP contribution in [0.1, 0.15) is 30.1 Å². The molecule has 0 saturated carbocycles. The molecule has 1 rings (SSSR count). The first-order valence-electron chi connectivity index (χ1n) is 4.65. The van der Waals surface area contributed by atoms with Crippen LogP contribution in [0.3, 0.4) is 0 Å². The average Bonchev–Trinajstić information content (AvgIpc) is 2.20. The van der Waals surface area contributed by atoms with E-state index in [-0.39, 0.29) is 0 Å². The van der Waals surface area contributed by atoms with Gasteiger partial charge in [-0.2, -0.15) is 0 Å². The van der Waals surface area contributed by atoms with E-state index in [0.29, 0.717) is 17.9 Å². The van der Waals surface area contributed by atoms with Gasteiger partial charge in [-0.3, -0.25) is 4.79 Å². The molecule has 3 heteroatoms. The zero-order valence-corrected chi connectivity index (χ0v) is 9.71. The van der Waals surface area contributed by atoms with Crippen LogP contribution in [0.4, 0.5) is 0 Å². The number of hydrogen-bond acceptors (Lipinski definition) is 2. The van der Waals surface area contributed by atoms with E-state index < -0.39 is 0 Å². The van der Waals surface area contributed by atoms with Crippen LogP contribution >= 0.6 is 15.9 Å². The zero-order chi connectivity index (χ0) is 10.4. The summed E-state index contributed by atoms with van der Waals surface area (Å²) >= 11 is 3.30. The number of halogens is 1. The van der Waals surface area contributed by atoms with Crippen LogP contribution in [0.5, 0.6) is 5.75 Å². The minimum Gasteiger partial charge on any atom is -0.493 e. The Morgan fingerprint density at radius 1 is 1.50 bits per heavy atom. The first-order valence-corrected chi connectivity index (χ1v) is 5.44. The second-order valence-electron chi connectivity index (χ2n) is 3.00. The van der Waals surface area contributed by atoms with Gasteiger partial charge in [0, 0.05) is 4.47 Å². The highest BCUT2D eigenvalue weighted by molar-refractivity contribution is 9.10. The Kier molecular flexibility index (Phi) is 4.66. The third kappa shape index (κ3) is 3.14. The second kappa shape index (κ2) is 5.81. The van der Waals surface area contributed by atoms with Gasteiger partial charge in [0.15, 0.2) is 6.29 Å². The summed E-state index contributed by atoms with van der Waals surface area (Å²) in [6.45, 7) is 2.77. The van der Waals surface area contributed by atoms with Crippen molar-refractivity contribution in [2.45, 2.75) is 19.8 Å². The number of benzene rings is 1. The lowest BCUT2D eigenvalue weighted by molar-refractivity contribution is 0.111. The molecule has 0 spiro atoms. The molecule has 76 valence electrons. The fourth-order valence-corrected chi connectivity index (χ4v) is 1.45. The molecule has 14 heavy (non-hydrogen) atoms. The van der Waals surface area contributed by atoms with Crippen LogP contribution in [0.2, 0.25) is 0 Å². The number of carbonyl (C=O) groups excluding carboxylic acids is 1. The van der Waals surface area contributed by atoms with Crippen molar-refractivity contribution in [3.05, 3.63) is 28.2 Å². The largest absolute Gasteiger partial charge is 0.493 e. The van der Waals surface area contributed by atoms with E-state index in [1.165, 1.54) is 0 Å². The Balaban J connectivity index is 2.70. The molecule has 0 radical (unpaired) electrons. The van der Waals surface area contributed by atoms with Crippen LogP contribution in [0.25, 0.3) is 0 Å². The van der Waals surface area contributed by atoms with Crippen molar-refractivity contribution in [2.75, 3.05) is 6.61 Å². The molecule has 0 bridgehead atoms. The Bertz CT molecular complexity index is 310. The molecule has 0 saturated heterocycles. The molecular formula is C11H13BrO2. The molecule has 0 aliphatic carbocycles. The van der Waals surface area contributed by atoms with Crippen molar-refractivity contribution in [1.29, 1.82) is 0 Å². The van der Waals surface area contributed by atoms with Gasteiger partial charge in [0.2, 0.25) is 0 Å². The van der Waals surface area contributed by atoms with E-state index in [2.05, 4.69) is 22.9 Å². The van der Waals surface area contributed by atoms with Gasteiger partial charge in [0.25, 0.3) is 0 Å². The van der Waals surface area contributed by atoms with Crippen molar-refractivity contribution < 1.29 is 9.53 Å². The second-order valence-corrected chi connectivity index (χ2v) is 3.92. The summed E-state index contributed by atoms with van der Waals surface area (Å²) in [5.41, 5.74) is 0.593. The average molecular weight is 257 g/mol. The van der Waals surface area contributed by atoms with Crippen molar-refractivity contribution >= 4 is 22.2 Å². The van der Waals surface area contributed by atoms with E-state index in [1.807, 2.05) is 12.1 Å². The topological polar surface area (TPSA) is 26.3 Å². The third-order valence-corrected chi connectivity index (χ3v) is 2.35. The van der Waals surface area contributed by atoms with Crippen LogP contribution in [-0.4, -0.2) is 12.9 Å². The molecule has 0 fully saturated rings. The summed E-state index contributed by atoms with van der Waals surface area (Å²) in [6, 6.07) is 5.44. The van der Waals surface area contributed by atoms with Crippen LogP contribution < -0.4 is 4.74 Å². The monoisotopic (exact) mass is 256 g/mol. The number of rotatable bonds is 5. The van der Waals surface area contributed by atoms with Crippen molar-refractivity contribution in [2.24, 2.45) is 0 Å². The van der Waals surface area contributed by atoms with Gasteiger partial charge in [-0.1, -0.05) is 29.3 Å². The third-order valence-electron chi connectivity index (χ3n) is 1.85. The van der Waals surface area contributed by atoms with E-state index in [0.717, 1.165) is 23.6 Å². The van der Waals surface area contributed by atoms with E-state index in [1.54, 1.807) is 6.07 Å². The lowest BCUT2D eigenvalue weighted by Gasteiger charge is -2.07. The maximum atomic E-state index is 10.7. The fourth-order valence-electron chi connectivity index (χ4n) is 1.07. The van der Waals surface area contributed by atoms with Crippen LogP contribution in [0, 0.1) is 0 Å². The predicted molar refractivity (Wildman–Crippen MR) is 59.9 cm³/mol. The highest BCUT2D eigenvalue weighted by atomic mass is 79.9. The van der Waals surface area contributed by atoms with Crippen molar-refractivity contribution in [3.8, 4) is 5.75 Å². The van der Waals surface area contributed by atoms with E-state index >= 15 is 0 Å². The van der Waals surface area contributed by atoms with Gasteiger partial charge in [-0.05, 0) is 24.6 Å². The molecule has 0 unspecified atom stereocenters. The summed E-state index contributed by atoms with van der Waals surface area (Å²) in [5.74, 6) is 0.664. The Hall–Kier alpha value is -0.830. The molecule has 0 atom stereocenters. The first-order chi connectivity index (χ1) is 6.77. The van der Waals surface area contributed by atoms with E-state index in [9.17, 15) is 4.79 Å². The number of aldehydes is 1. The van der Waals surface area contributed by atoms with Crippen LogP contribution in [0.15, 0.2) is 22.7 Å². The molecule has 0 aliphatic heterocycles. The summed E-state index contributed by atoms with van der Waals surface area (Å²) in [5, 5.41) is 0. The molecule has 2 nitrogen and oxygen atoms in total. The Morgan fingerprint density at radius 3 is 2.93 bits per heavy atom. The Morgan fingerprint density at radius 2 is 2.29 bits per heavy atom. The summed E-state index contributed by atoms with van der Waals surface area (Å²) in [7, 11) is 0. The van der Waals surface area contributed by atoms with Crippen LogP contribution in [-0.2, 0) is 0 Å². The van der Waals surface area contributed by atoms with Gasteiger partial charge in [-0.15, -0.1) is 0 Å². The van der Waals surface area contributed by atoms with E-state index in [4.69, 9.17) is 4.74 Å². The molecule has 0 aliphatic rings. The number of hydrogen-bond donors (Lipinski definition) is 0. The normalized spacial score (nSPS) is 9.86. The molecule has 0 amide bonds. The van der Waals surface area contributed by atoms with Gasteiger partial charge in [0.1, 0.15) is 5.75 Å². The van der Waals surface area contributed by atoms with Gasteiger partial charge < -0.3 is 4.74 Å². The maximum absolute atomic E-state index is 10.7. The van der Waals surface area contributed by atoms with Crippen molar-refractivity contribution in [3.63, 3.8) is 0 Å². The predicted octanol–water partition coefficient (Wildman–Crippen LogP) is 3.44. The lowest BCUT2D eigenvalue weighted by atomic mass is 10.2. The highest BCUT2D eigenvalue weighted by Gasteiger charge is 2.02. The summed E-state index contributed by atoms with van der Waals surface area (Å²) in [6.07, 6.45) is 2.91. The number of unbranched alkanes of at least 4 members (excludes halogenated alkanes) is 1. The SMILES string of the molecule is CCCCOc1ccc(Br)cc1C=O. The molecule has 0 aromatic heterocycles. The van der Waals surface area contributed by atoms with Gasteiger partial charge >= 0.3 is 0 Å². The standard InChI is InChI=1S/C11H13BrO2/c1-2-3-6-14-11-5-4-10(12)7-9(11)8-13/h4-5,7-8H,2-3,6H2,1H3. The summed E-state index contributed by atoms with van der Waals surface area (Å²) < 4.78 is 6.36. The fraction of sp³-hybridized carbons (Fsp3) is 0.364. The quantitative estimate of drug-likeness (QED) is 0.596. The minimum absolute atomic E-state index is 0.593. The Labute approximate surface area is 92.4 Å². The smallest absolute Gasteiger partial charge is 0.153 e. The lowest BCUT2D eigenvalue weighted by Crippen LogP contribution is -1.99. The first kappa shape index (κ1) is 11.2. The maximum Gasteiger partial charge on any atom is 0.153 e. The molecular weight excluding hydrogens is 244 g/mol. The van der Waals surface area contributed by atoms with Crippen molar-refractivity contribution in [1.82, 2.24) is 0 Å². The molecule has 0 heterocycles. The minimum atomic E-state index is 0.593. The highest BCUT2D eigenvalue weighted by Crippen LogP contribution is 2.21. The molecule has 1 aromatic carbocycles. The van der Waals surface area contributed by atoms with Gasteiger partial charge in [-0.25, -0.2) is 0 Å². The number of ether oxygens (including phenoxy) is 1. The van der Waals surface area contributed by atoms with Gasteiger partial charge in [0.05, 0.1) is 12.2 Å². The molecule has 0 N–H and O–H groups in total. The molecule has 1 aromatic rings.